The topological polar surface area (TPSA) is 50.9 Å². The van der Waals surface area contributed by atoms with Crippen LogP contribution in [0, 0.1) is 6.92 Å². The zero-order valence-electron chi connectivity index (χ0n) is 12.4. The van der Waals surface area contributed by atoms with Gasteiger partial charge in [-0.1, -0.05) is 35.9 Å². The van der Waals surface area contributed by atoms with E-state index in [9.17, 15) is 5.11 Å². The number of hydrogen-bond donors (Lipinski definition) is 1. The van der Waals surface area contributed by atoms with Gasteiger partial charge in [0, 0.05) is 10.6 Å². The molecule has 0 aliphatic rings. The van der Waals surface area contributed by atoms with Gasteiger partial charge in [-0.05, 0) is 48.7 Å². The number of benzene rings is 2. The van der Waals surface area contributed by atoms with Gasteiger partial charge in [-0.15, -0.1) is 5.10 Å². The van der Waals surface area contributed by atoms with E-state index >= 15 is 0 Å². The Labute approximate surface area is 134 Å². The summed E-state index contributed by atoms with van der Waals surface area (Å²) in [5.41, 5.74) is 4.61. The first-order chi connectivity index (χ1) is 10.6. The second kappa shape index (κ2) is 5.81. The quantitative estimate of drug-likeness (QED) is 0.789. The maximum absolute atomic E-state index is 10.3. The van der Waals surface area contributed by atoms with Gasteiger partial charge < -0.3 is 5.11 Å². The highest BCUT2D eigenvalue weighted by molar-refractivity contribution is 6.30. The van der Waals surface area contributed by atoms with E-state index in [2.05, 4.69) is 17.2 Å². The third-order valence-corrected chi connectivity index (χ3v) is 3.98. The number of nitrogens with zero attached hydrogens (tertiary/aromatic N) is 3. The smallest absolute Gasteiger partial charge is 0.141 e. The zero-order valence-corrected chi connectivity index (χ0v) is 13.2. The van der Waals surface area contributed by atoms with Crippen molar-refractivity contribution in [3.63, 3.8) is 0 Å². The number of hydrogen-bond acceptors (Lipinski definition) is 3. The Morgan fingerprint density at radius 3 is 2.59 bits per heavy atom. The molecule has 3 rings (SSSR count). The minimum atomic E-state index is 0.190. The van der Waals surface area contributed by atoms with Gasteiger partial charge in [0.1, 0.15) is 11.4 Å². The van der Waals surface area contributed by atoms with Gasteiger partial charge in [-0.3, -0.25) is 0 Å². The van der Waals surface area contributed by atoms with Crippen molar-refractivity contribution in [3.8, 4) is 22.7 Å². The largest absolute Gasteiger partial charge is 0.506 e. The van der Waals surface area contributed by atoms with Crippen molar-refractivity contribution in [1.82, 2.24) is 15.0 Å². The van der Waals surface area contributed by atoms with Crippen LogP contribution >= 0.6 is 11.6 Å². The summed E-state index contributed by atoms with van der Waals surface area (Å²) in [6, 6.07) is 11.2. The Morgan fingerprint density at radius 2 is 1.91 bits per heavy atom. The lowest BCUT2D eigenvalue weighted by molar-refractivity contribution is 0.469. The van der Waals surface area contributed by atoms with Crippen LogP contribution in [0.4, 0.5) is 0 Å². The Morgan fingerprint density at radius 1 is 1.18 bits per heavy atom. The van der Waals surface area contributed by atoms with Crippen LogP contribution in [0.25, 0.3) is 16.9 Å². The third-order valence-electron chi connectivity index (χ3n) is 3.73. The Kier molecular flexibility index (Phi) is 3.86. The molecule has 1 heterocycles. The molecule has 1 N–H and O–H groups in total. The number of aromatic nitrogens is 3. The van der Waals surface area contributed by atoms with Gasteiger partial charge in [-0.2, -0.15) is 0 Å². The predicted octanol–water partition coefficient (Wildman–Crippen LogP) is 4.16. The van der Waals surface area contributed by atoms with Gasteiger partial charge in [0.2, 0.25) is 0 Å². The molecule has 0 aliphatic carbocycles. The van der Waals surface area contributed by atoms with Crippen LogP contribution in [0.15, 0.2) is 42.6 Å². The summed E-state index contributed by atoms with van der Waals surface area (Å²) in [4.78, 5) is 0. The van der Waals surface area contributed by atoms with Gasteiger partial charge in [0.25, 0.3) is 0 Å². The number of aromatic hydroxyl groups is 1. The van der Waals surface area contributed by atoms with Crippen LogP contribution in [-0.4, -0.2) is 20.1 Å². The molecular formula is C17H16ClN3O. The molecule has 0 spiro atoms. The molecule has 0 saturated heterocycles. The fourth-order valence-corrected chi connectivity index (χ4v) is 2.63. The van der Waals surface area contributed by atoms with Crippen molar-refractivity contribution in [2.45, 2.75) is 20.3 Å². The molecule has 0 amide bonds. The van der Waals surface area contributed by atoms with E-state index in [4.69, 9.17) is 11.6 Å². The fraction of sp³-hybridized carbons (Fsp3) is 0.176. The Hall–Kier alpha value is -2.33. The Balaban J connectivity index is 2.15. The highest BCUT2D eigenvalue weighted by Crippen LogP contribution is 2.30. The van der Waals surface area contributed by atoms with Crippen molar-refractivity contribution in [1.29, 1.82) is 0 Å². The molecule has 0 atom stereocenters. The maximum Gasteiger partial charge on any atom is 0.141 e. The molecule has 4 nitrogen and oxygen atoms in total. The molecule has 0 aliphatic heterocycles. The van der Waals surface area contributed by atoms with Crippen LogP contribution in [-0.2, 0) is 6.42 Å². The summed E-state index contributed by atoms with van der Waals surface area (Å²) < 4.78 is 1.65. The van der Waals surface area contributed by atoms with Gasteiger partial charge in [0.15, 0.2) is 0 Å². The number of phenols is 1. The van der Waals surface area contributed by atoms with Gasteiger partial charge in [-0.25, -0.2) is 4.68 Å². The SMILES string of the molecule is CCc1cc(-n2nncc2-c2ccc(Cl)cc2)c(O)cc1C. The van der Waals surface area contributed by atoms with Crippen molar-refractivity contribution < 1.29 is 5.11 Å². The minimum absolute atomic E-state index is 0.190. The van der Waals surface area contributed by atoms with Crippen LogP contribution < -0.4 is 0 Å². The summed E-state index contributed by atoms with van der Waals surface area (Å²) in [5.74, 6) is 0.190. The normalized spacial score (nSPS) is 10.9. The lowest BCUT2D eigenvalue weighted by Crippen LogP contribution is -2.02. The number of aryl methyl sites for hydroxylation is 2. The summed E-state index contributed by atoms with van der Waals surface area (Å²) in [6.07, 6.45) is 2.57. The molecule has 1 aromatic heterocycles. The zero-order chi connectivity index (χ0) is 15.7. The van der Waals surface area contributed by atoms with Crippen LogP contribution in [0.1, 0.15) is 18.1 Å². The summed E-state index contributed by atoms with van der Waals surface area (Å²) >= 11 is 5.93. The number of halogens is 1. The lowest BCUT2D eigenvalue weighted by Gasteiger charge is -2.12. The molecule has 22 heavy (non-hydrogen) atoms. The molecule has 0 saturated carbocycles. The van der Waals surface area contributed by atoms with E-state index in [1.165, 1.54) is 5.56 Å². The second-order valence-electron chi connectivity index (χ2n) is 5.16. The highest BCUT2D eigenvalue weighted by atomic mass is 35.5. The van der Waals surface area contributed by atoms with Crippen molar-refractivity contribution in [3.05, 3.63) is 58.7 Å². The van der Waals surface area contributed by atoms with Crippen LogP contribution in [0.2, 0.25) is 5.02 Å². The standard InChI is InChI=1S/C17H16ClN3O/c1-3-12-9-15(17(22)8-11(12)2)21-16(10-19-20-21)13-4-6-14(18)7-5-13/h4-10,22H,3H2,1-2H3. The first kappa shape index (κ1) is 14.6. The number of rotatable bonds is 3. The van der Waals surface area contributed by atoms with E-state index < -0.39 is 0 Å². The van der Waals surface area contributed by atoms with E-state index in [0.29, 0.717) is 10.7 Å². The van der Waals surface area contributed by atoms with E-state index in [1.54, 1.807) is 16.9 Å². The van der Waals surface area contributed by atoms with Crippen molar-refractivity contribution in [2.75, 3.05) is 0 Å². The van der Waals surface area contributed by atoms with E-state index in [0.717, 1.165) is 23.2 Å². The highest BCUT2D eigenvalue weighted by Gasteiger charge is 2.14. The van der Waals surface area contributed by atoms with E-state index in [-0.39, 0.29) is 5.75 Å². The van der Waals surface area contributed by atoms with Crippen molar-refractivity contribution in [2.24, 2.45) is 0 Å². The molecule has 112 valence electrons. The third kappa shape index (κ3) is 2.57. The first-order valence-electron chi connectivity index (χ1n) is 7.09. The van der Waals surface area contributed by atoms with E-state index in [1.807, 2.05) is 37.3 Å². The number of phenolic OH excluding ortho intramolecular Hbond substituents is 1. The summed E-state index contributed by atoms with van der Waals surface area (Å²) in [6.45, 7) is 4.08. The maximum atomic E-state index is 10.3. The summed E-state index contributed by atoms with van der Waals surface area (Å²) in [7, 11) is 0. The van der Waals surface area contributed by atoms with Gasteiger partial charge >= 0.3 is 0 Å². The average molecular weight is 314 g/mol. The minimum Gasteiger partial charge on any atom is -0.506 e. The fourth-order valence-electron chi connectivity index (χ4n) is 2.51. The molecule has 2 aromatic carbocycles. The lowest BCUT2D eigenvalue weighted by atomic mass is 10.0. The van der Waals surface area contributed by atoms with Crippen LogP contribution in [0.5, 0.6) is 5.75 Å². The molecule has 0 bridgehead atoms. The van der Waals surface area contributed by atoms with Gasteiger partial charge in [0.05, 0.1) is 11.9 Å². The monoisotopic (exact) mass is 313 g/mol. The molecule has 5 heteroatoms. The van der Waals surface area contributed by atoms with Crippen molar-refractivity contribution >= 4 is 11.6 Å². The predicted molar refractivity (Wildman–Crippen MR) is 87.6 cm³/mol. The summed E-state index contributed by atoms with van der Waals surface area (Å²) in [5, 5.41) is 19.1. The molecule has 3 aromatic rings. The molecule has 0 fully saturated rings. The molecular weight excluding hydrogens is 298 g/mol. The average Bonchev–Trinajstić information content (AvgIpc) is 2.97. The first-order valence-corrected chi connectivity index (χ1v) is 7.47. The molecule has 0 radical (unpaired) electrons. The van der Waals surface area contributed by atoms with Crippen LogP contribution in [0.3, 0.4) is 0 Å². The molecule has 0 unspecified atom stereocenters. The second-order valence-corrected chi connectivity index (χ2v) is 5.60. The Bertz CT molecular complexity index is 809.